The van der Waals surface area contributed by atoms with Crippen molar-refractivity contribution in [2.45, 2.75) is 40.5 Å². The van der Waals surface area contributed by atoms with Gasteiger partial charge in [-0.05, 0) is 69.4 Å². The van der Waals surface area contributed by atoms with Crippen molar-refractivity contribution in [2.75, 3.05) is 6.61 Å². The van der Waals surface area contributed by atoms with Crippen LogP contribution in [0.2, 0.25) is 0 Å². The molecule has 1 heterocycles. The number of rotatable bonds is 6. The summed E-state index contributed by atoms with van der Waals surface area (Å²) in [5, 5.41) is 19.9. The third-order valence-electron chi connectivity index (χ3n) is 5.81. The maximum atomic E-state index is 10.8. The van der Waals surface area contributed by atoms with Gasteiger partial charge >= 0.3 is 0 Å². The third-order valence-corrected chi connectivity index (χ3v) is 5.81. The molecule has 4 rings (SSSR count). The van der Waals surface area contributed by atoms with Crippen LogP contribution < -0.4 is 0 Å². The number of hydrogen-bond donors (Lipinski definition) is 2. The van der Waals surface area contributed by atoms with Gasteiger partial charge < -0.3 is 10.2 Å². The Morgan fingerprint density at radius 1 is 0.636 bits per heavy atom. The second-order valence-electron chi connectivity index (χ2n) is 8.62. The van der Waals surface area contributed by atoms with Crippen molar-refractivity contribution >= 4 is 0 Å². The summed E-state index contributed by atoms with van der Waals surface area (Å²) >= 11 is 0. The molecule has 5 heteroatoms. The minimum absolute atomic E-state index is 0.120. The predicted molar refractivity (Wildman–Crippen MR) is 132 cm³/mol. The number of phenolic OH excluding ortho intramolecular Hbond substituents is 1. The lowest BCUT2D eigenvalue weighted by atomic mass is 10.0. The molecule has 0 saturated heterocycles. The number of aliphatic hydroxyl groups excluding tert-OH is 1. The zero-order chi connectivity index (χ0) is 23.5. The van der Waals surface area contributed by atoms with E-state index in [0.717, 1.165) is 27.8 Å². The van der Waals surface area contributed by atoms with Crippen LogP contribution in [0.1, 0.15) is 34.2 Å². The second-order valence-corrected chi connectivity index (χ2v) is 8.62. The summed E-state index contributed by atoms with van der Waals surface area (Å²) in [4.78, 5) is 14.4. The number of aryl methyl sites for hydroxylation is 5. The van der Waals surface area contributed by atoms with Crippen LogP contribution >= 0.6 is 0 Å². The molecular formula is C28H29N3O2. The number of hydrogen-bond acceptors (Lipinski definition) is 5. The number of aromatic nitrogens is 3. The number of benzene rings is 3. The Morgan fingerprint density at radius 2 is 1.12 bits per heavy atom. The SMILES string of the molecule is Cc1ccc(-c2nc(-c3ccc(C)cc3C)nc(-c3ccc(CCCO)cc3O)n2)c(C)c1. The maximum Gasteiger partial charge on any atom is 0.167 e. The smallest absolute Gasteiger partial charge is 0.167 e. The molecule has 0 aliphatic carbocycles. The Labute approximate surface area is 194 Å². The van der Waals surface area contributed by atoms with Crippen LogP contribution in [0, 0.1) is 27.7 Å². The van der Waals surface area contributed by atoms with Gasteiger partial charge in [-0.2, -0.15) is 0 Å². The number of phenols is 1. The van der Waals surface area contributed by atoms with Gasteiger partial charge in [0.1, 0.15) is 5.75 Å². The fraction of sp³-hybridized carbons (Fsp3) is 0.250. The molecule has 33 heavy (non-hydrogen) atoms. The molecule has 0 unspecified atom stereocenters. The van der Waals surface area contributed by atoms with Crippen molar-refractivity contribution in [3.63, 3.8) is 0 Å². The van der Waals surface area contributed by atoms with Gasteiger partial charge in [0.15, 0.2) is 17.5 Å². The standard InChI is InChI=1S/C28H29N3O2/c1-17-7-10-22(19(3)14-17)26-29-27(23-11-8-18(2)15-20(23)4)31-28(30-26)24-12-9-21(6-5-13-32)16-25(24)33/h7-12,14-16,32-33H,5-6,13H2,1-4H3. The first-order valence-electron chi connectivity index (χ1n) is 11.2. The molecule has 2 N–H and O–H groups in total. The van der Waals surface area contributed by atoms with E-state index in [4.69, 9.17) is 20.1 Å². The molecule has 0 aliphatic rings. The number of aromatic hydroxyl groups is 1. The molecule has 0 fully saturated rings. The molecule has 0 saturated carbocycles. The normalized spacial score (nSPS) is 11.1. The Bertz CT molecular complexity index is 1250. The minimum Gasteiger partial charge on any atom is -0.507 e. The Morgan fingerprint density at radius 3 is 1.58 bits per heavy atom. The average molecular weight is 440 g/mol. The predicted octanol–water partition coefficient (Wildman–Crippen LogP) is 5.74. The zero-order valence-corrected chi connectivity index (χ0v) is 19.6. The molecule has 0 atom stereocenters. The van der Waals surface area contributed by atoms with Gasteiger partial charge in [-0.1, -0.05) is 53.6 Å². The van der Waals surface area contributed by atoms with E-state index >= 15 is 0 Å². The van der Waals surface area contributed by atoms with Crippen LogP contribution in [0.5, 0.6) is 5.75 Å². The fourth-order valence-corrected chi connectivity index (χ4v) is 4.07. The third kappa shape index (κ3) is 4.94. The van der Waals surface area contributed by atoms with E-state index in [1.807, 2.05) is 24.3 Å². The van der Waals surface area contributed by atoms with Crippen LogP contribution in [0.15, 0.2) is 54.6 Å². The maximum absolute atomic E-state index is 10.8. The van der Waals surface area contributed by atoms with Crippen LogP contribution in [0.4, 0.5) is 0 Å². The summed E-state index contributed by atoms with van der Waals surface area (Å²) < 4.78 is 0. The van der Waals surface area contributed by atoms with Crippen LogP contribution in [0.3, 0.4) is 0 Å². The average Bonchev–Trinajstić information content (AvgIpc) is 2.77. The first kappa shape index (κ1) is 22.6. The van der Waals surface area contributed by atoms with Crippen molar-refractivity contribution < 1.29 is 10.2 Å². The van der Waals surface area contributed by atoms with Crippen molar-refractivity contribution in [3.05, 3.63) is 82.4 Å². The summed E-state index contributed by atoms with van der Waals surface area (Å²) in [6, 6.07) is 17.9. The number of aliphatic hydroxyl groups is 1. The van der Waals surface area contributed by atoms with E-state index in [2.05, 4.69) is 52.0 Å². The van der Waals surface area contributed by atoms with E-state index in [0.29, 0.717) is 35.9 Å². The summed E-state index contributed by atoms with van der Waals surface area (Å²) in [5.74, 6) is 1.71. The van der Waals surface area contributed by atoms with Gasteiger partial charge in [0.25, 0.3) is 0 Å². The van der Waals surface area contributed by atoms with E-state index < -0.39 is 0 Å². The lowest BCUT2D eigenvalue weighted by Gasteiger charge is -2.13. The molecule has 3 aromatic carbocycles. The second kappa shape index (κ2) is 9.51. The molecule has 0 aliphatic heterocycles. The van der Waals surface area contributed by atoms with Crippen LogP contribution in [0.25, 0.3) is 34.2 Å². The summed E-state index contributed by atoms with van der Waals surface area (Å²) in [6.07, 6.45) is 1.35. The van der Waals surface area contributed by atoms with Gasteiger partial charge in [-0.3, -0.25) is 0 Å². The van der Waals surface area contributed by atoms with Crippen LogP contribution in [-0.2, 0) is 6.42 Å². The molecule has 0 bridgehead atoms. The summed E-state index contributed by atoms with van der Waals surface area (Å²) in [6.45, 7) is 8.35. The molecule has 5 nitrogen and oxygen atoms in total. The van der Waals surface area contributed by atoms with E-state index in [1.165, 1.54) is 11.1 Å². The molecular weight excluding hydrogens is 410 g/mol. The lowest BCUT2D eigenvalue weighted by molar-refractivity contribution is 0.288. The minimum atomic E-state index is 0.120. The highest BCUT2D eigenvalue weighted by molar-refractivity contribution is 5.72. The molecule has 4 aromatic rings. The Hall–Kier alpha value is -3.57. The van der Waals surface area contributed by atoms with Crippen molar-refractivity contribution in [1.29, 1.82) is 0 Å². The molecule has 0 radical (unpaired) electrons. The highest BCUT2D eigenvalue weighted by atomic mass is 16.3. The first-order chi connectivity index (χ1) is 15.9. The Balaban J connectivity index is 1.90. The van der Waals surface area contributed by atoms with Crippen molar-refractivity contribution in [1.82, 2.24) is 15.0 Å². The van der Waals surface area contributed by atoms with Gasteiger partial charge in [0.2, 0.25) is 0 Å². The Kier molecular flexibility index (Phi) is 6.52. The zero-order valence-electron chi connectivity index (χ0n) is 19.6. The molecule has 168 valence electrons. The van der Waals surface area contributed by atoms with Crippen molar-refractivity contribution in [2.24, 2.45) is 0 Å². The number of nitrogens with zero attached hydrogens (tertiary/aromatic N) is 3. The van der Waals surface area contributed by atoms with E-state index in [1.54, 1.807) is 6.07 Å². The first-order valence-corrected chi connectivity index (χ1v) is 11.2. The van der Waals surface area contributed by atoms with Crippen LogP contribution in [-0.4, -0.2) is 31.8 Å². The quantitative estimate of drug-likeness (QED) is 0.401. The lowest BCUT2D eigenvalue weighted by Crippen LogP contribution is -2.02. The molecule has 0 amide bonds. The summed E-state index contributed by atoms with van der Waals surface area (Å²) in [7, 11) is 0. The topological polar surface area (TPSA) is 79.1 Å². The molecule has 0 spiro atoms. The summed E-state index contributed by atoms with van der Waals surface area (Å²) in [5.41, 5.74) is 7.92. The highest BCUT2D eigenvalue weighted by Gasteiger charge is 2.17. The van der Waals surface area contributed by atoms with E-state index in [9.17, 15) is 5.11 Å². The van der Waals surface area contributed by atoms with E-state index in [-0.39, 0.29) is 12.4 Å². The fourth-order valence-electron chi connectivity index (χ4n) is 4.07. The van der Waals surface area contributed by atoms with Crippen molar-refractivity contribution in [3.8, 4) is 39.9 Å². The van der Waals surface area contributed by atoms with Gasteiger partial charge in [0, 0.05) is 17.7 Å². The van der Waals surface area contributed by atoms with Gasteiger partial charge in [-0.15, -0.1) is 0 Å². The highest BCUT2D eigenvalue weighted by Crippen LogP contribution is 2.32. The molecule has 1 aromatic heterocycles. The van der Waals surface area contributed by atoms with Gasteiger partial charge in [0.05, 0.1) is 5.56 Å². The largest absolute Gasteiger partial charge is 0.507 e. The van der Waals surface area contributed by atoms with Gasteiger partial charge in [-0.25, -0.2) is 15.0 Å². The monoisotopic (exact) mass is 439 g/mol.